The third-order valence-electron chi connectivity index (χ3n) is 4.72. The molecule has 0 unspecified atom stereocenters. The first-order chi connectivity index (χ1) is 10.1. The quantitative estimate of drug-likeness (QED) is 0.322. The summed E-state index contributed by atoms with van der Waals surface area (Å²) in [4.78, 5) is 18.7. The van der Waals surface area contributed by atoms with Crippen molar-refractivity contribution in [1.82, 2.24) is 4.90 Å². The molecule has 0 aromatic carbocycles. The van der Waals surface area contributed by atoms with Crippen molar-refractivity contribution in [1.29, 1.82) is 0 Å². The smallest absolute Gasteiger partial charge is 0.313 e. The molecule has 0 spiro atoms. The van der Waals surface area contributed by atoms with Gasteiger partial charge in [-0.05, 0) is 31.6 Å². The van der Waals surface area contributed by atoms with Gasteiger partial charge in [-0.2, -0.15) is 0 Å². The first-order valence-electron chi connectivity index (χ1n) is 7.78. The predicted octanol–water partition coefficient (Wildman–Crippen LogP) is 1.62. The van der Waals surface area contributed by atoms with E-state index in [1.165, 1.54) is 7.11 Å². The predicted molar refractivity (Wildman–Crippen MR) is 96.4 cm³/mol. The number of hydrogen-bond donors (Lipinski definition) is 1. The lowest BCUT2D eigenvalue weighted by Crippen LogP contribution is -2.45. The zero-order valence-electron chi connectivity index (χ0n) is 13.5. The SMILES string of the molecule is COC(=O)C1(CN=C(N)N2CCC(C)CC2)CCOCC1.I. The molecule has 128 valence electrons. The lowest BCUT2D eigenvalue weighted by Gasteiger charge is -2.34. The first-order valence-corrected chi connectivity index (χ1v) is 7.78. The highest BCUT2D eigenvalue weighted by Crippen LogP contribution is 2.32. The van der Waals surface area contributed by atoms with Crippen molar-refractivity contribution in [2.75, 3.05) is 40.0 Å². The fourth-order valence-corrected chi connectivity index (χ4v) is 2.98. The maximum absolute atomic E-state index is 12.1. The normalized spacial score (nSPS) is 22.8. The van der Waals surface area contributed by atoms with Crippen molar-refractivity contribution in [3.63, 3.8) is 0 Å². The molecule has 2 aliphatic heterocycles. The maximum atomic E-state index is 12.1. The number of rotatable bonds is 3. The Kier molecular flexibility index (Phi) is 7.88. The Hall–Kier alpha value is -0.570. The fraction of sp³-hybridized carbons (Fsp3) is 0.867. The van der Waals surface area contributed by atoms with Crippen LogP contribution in [0.3, 0.4) is 0 Å². The van der Waals surface area contributed by atoms with Crippen molar-refractivity contribution >= 4 is 35.9 Å². The molecule has 2 N–H and O–H groups in total. The van der Waals surface area contributed by atoms with Crippen LogP contribution in [0.5, 0.6) is 0 Å². The highest BCUT2D eigenvalue weighted by atomic mass is 127. The summed E-state index contributed by atoms with van der Waals surface area (Å²) in [5.74, 6) is 1.11. The van der Waals surface area contributed by atoms with Crippen molar-refractivity contribution < 1.29 is 14.3 Å². The molecular formula is C15H28IN3O3. The van der Waals surface area contributed by atoms with Crippen LogP contribution in [-0.2, 0) is 14.3 Å². The second kappa shape index (κ2) is 8.90. The molecule has 0 aromatic heterocycles. The number of esters is 1. The second-order valence-electron chi connectivity index (χ2n) is 6.23. The zero-order chi connectivity index (χ0) is 15.3. The summed E-state index contributed by atoms with van der Waals surface area (Å²) in [6.45, 7) is 5.70. The molecule has 0 saturated carbocycles. The summed E-state index contributed by atoms with van der Waals surface area (Å²) in [5, 5.41) is 0. The van der Waals surface area contributed by atoms with Crippen molar-refractivity contribution in [3.05, 3.63) is 0 Å². The minimum absolute atomic E-state index is 0. The van der Waals surface area contributed by atoms with Gasteiger partial charge in [0.25, 0.3) is 0 Å². The Morgan fingerprint density at radius 1 is 1.36 bits per heavy atom. The average molecular weight is 425 g/mol. The molecule has 0 amide bonds. The minimum atomic E-state index is -0.569. The van der Waals surface area contributed by atoms with Gasteiger partial charge in [-0.15, -0.1) is 24.0 Å². The highest BCUT2D eigenvalue weighted by molar-refractivity contribution is 14.0. The topological polar surface area (TPSA) is 77.1 Å². The van der Waals surface area contributed by atoms with Crippen LogP contribution in [0.25, 0.3) is 0 Å². The largest absolute Gasteiger partial charge is 0.469 e. The van der Waals surface area contributed by atoms with Gasteiger partial charge >= 0.3 is 5.97 Å². The minimum Gasteiger partial charge on any atom is -0.469 e. The van der Waals surface area contributed by atoms with Gasteiger partial charge in [-0.1, -0.05) is 6.92 Å². The molecule has 2 saturated heterocycles. The molecule has 2 fully saturated rings. The first kappa shape index (κ1) is 19.5. The number of methoxy groups -OCH3 is 1. The molecule has 0 aromatic rings. The number of piperidine rings is 1. The third-order valence-corrected chi connectivity index (χ3v) is 4.72. The van der Waals surface area contributed by atoms with E-state index in [0.29, 0.717) is 38.6 Å². The van der Waals surface area contributed by atoms with Crippen LogP contribution in [0.15, 0.2) is 4.99 Å². The van der Waals surface area contributed by atoms with Gasteiger partial charge < -0.3 is 20.1 Å². The monoisotopic (exact) mass is 425 g/mol. The molecule has 2 rings (SSSR count). The number of carbonyl (C=O) groups is 1. The second-order valence-corrected chi connectivity index (χ2v) is 6.23. The molecule has 6 nitrogen and oxygen atoms in total. The number of hydrogen-bond acceptors (Lipinski definition) is 4. The van der Waals surface area contributed by atoms with Crippen LogP contribution >= 0.6 is 24.0 Å². The van der Waals surface area contributed by atoms with Crippen molar-refractivity contribution in [3.8, 4) is 0 Å². The summed E-state index contributed by atoms with van der Waals surface area (Å²) in [6.07, 6.45) is 3.58. The van der Waals surface area contributed by atoms with Crippen molar-refractivity contribution in [2.24, 2.45) is 22.1 Å². The molecular weight excluding hydrogens is 397 g/mol. The average Bonchev–Trinajstić information content (AvgIpc) is 2.53. The number of aliphatic imine (C=N–C) groups is 1. The number of nitrogens with two attached hydrogens (primary N) is 1. The van der Waals surface area contributed by atoms with E-state index in [4.69, 9.17) is 15.2 Å². The number of nitrogens with zero attached hydrogens (tertiary/aromatic N) is 2. The van der Waals surface area contributed by atoms with Gasteiger partial charge in [0.15, 0.2) is 5.96 Å². The lowest BCUT2D eigenvalue weighted by molar-refractivity contribution is -0.157. The zero-order valence-corrected chi connectivity index (χ0v) is 15.9. The maximum Gasteiger partial charge on any atom is 0.313 e. The van der Waals surface area contributed by atoms with Crippen LogP contribution in [0.4, 0.5) is 0 Å². The number of carbonyl (C=O) groups excluding carboxylic acids is 1. The molecule has 22 heavy (non-hydrogen) atoms. The fourth-order valence-electron chi connectivity index (χ4n) is 2.98. The third kappa shape index (κ3) is 4.71. The Bertz CT molecular complexity index is 389. The standard InChI is InChI=1S/C15H27N3O3.HI/c1-12-3-7-18(8-4-12)14(16)17-11-15(13(19)20-2)5-9-21-10-6-15;/h12H,3-11H2,1-2H3,(H2,16,17);1H. The van der Waals surface area contributed by atoms with E-state index in [9.17, 15) is 4.79 Å². The Morgan fingerprint density at radius 3 is 2.50 bits per heavy atom. The Labute approximate surface area is 149 Å². The van der Waals surface area contributed by atoms with Gasteiger partial charge in [0.05, 0.1) is 19.1 Å². The molecule has 7 heteroatoms. The van der Waals surface area contributed by atoms with Gasteiger partial charge in [-0.25, -0.2) is 0 Å². The molecule has 2 heterocycles. The summed E-state index contributed by atoms with van der Waals surface area (Å²) in [7, 11) is 1.43. The van der Waals surface area contributed by atoms with E-state index in [1.807, 2.05) is 0 Å². The van der Waals surface area contributed by atoms with Crippen LogP contribution in [0.2, 0.25) is 0 Å². The van der Waals surface area contributed by atoms with Gasteiger partial charge in [0, 0.05) is 26.3 Å². The molecule has 2 aliphatic rings. The summed E-state index contributed by atoms with van der Waals surface area (Å²) in [5.41, 5.74) is 5.54. The highest BCUT2D eigenvalue weighted by Gasteiger charge is 2.41. The number of guanidine groups is 1. The van der Waals surface area contributed by atoms with Crippen LogP contribution in [0.1, 0.15) is 32.6 Å². The van der Waals surface area contributed by atoms with Crippen LogP contribution < -0.4 is 5.73 Å². The number of ether oxygens (including phenoxy) is 2. The van der Waals surface area contributed by atoms with E-state index in [1.54, 1.807) is 0 Å². The van der Waals surface area contributed by atoms with E-state index >= 15 is 0 Å². The van der Waals surface area contributed by atoms with Crippen LogP contribution in [0, 0.1) is 11.3 Å². The van der Waals surface area contributed by atoms with E-state index in [0.717, 1.165) is 31.8 Å². The Balaban J connectivity index is 0.00000242. The van der Waals surface area contributed by atoms with Gasteiger partial charge in [0.1, 0.15) is 0 Å². The van der Waals surface area contributed by atoms with Gasteiger partial charge in [0.2, 0.25) is 0 Å². The van der Waals surface area contributed by atoms with Crippen molar-refractivity contribution in [2.45, 2.75) is 32.6 Å². The summed E-state index contributed by atoms with van der Waals surface area (Å²) in [6, 6.07) is 0. The van der Waals surface area contributed by atoms with E-state index < -0.39 is 5.41 Å². The van der Waals surface area contributed by atoms with E-state index in [-0.39, 0.29) is 29.9 Å². The lowest BCUT2D eigenvalue weighted by atomic mass is 9.80. The molecule has 0 aliphatic carbocycles. The number of likely N-dealkylation sites (tertiary alicyclic amines) is 1. The summed E-state index contributed by atoms with van der Waals surface area (Å²) >= 11 is 0. The summed E-state index contributed by atoms with van der Waals surface area (Å²) < 4.78 is 10.3. The van der Waals surface area contributed by atoms with E-state index in [2.05, 4.69) is 16.8 Å². The number of halogens is 1. The molecule has 0 atom stereocenters. The van der Waals surface area contributed by atoms with Crippen LogP contribution in [-0.4, -0.2) is 56.8 Å². The molecule has 0 radical (unpaired) electrons. The Morgan fingerprint density at radius 2 is 1.95 bits per heavy atom. The van der Waals surface area contributed by atoms with Gasteiger partial charge in [-0.3, -0.25) is 9.79 Å². The molecule has 0 bridgehead atoms.